The van der Waals surface area contributed by atoms with E-state index in [-0.39, 0.29) is 5.76 Å². The van der Waals surface area contributed by atoms with Crippen molar-refractivity contribution in [3.63, 3.8) is 0 Å². The molecule has 25 heavy (non-hydrogen) atoms. The first-order valence-corrected chi connectivity index (χ1v) is 8.03. The molecule has 0 saturated carbocycles. The van der Waals surface area contributed by atoms with Crippen LogP contribution in [0.4, 0.5) is 11.4 Å². The van der Waals surface area contributed by atoms with Gasteiger partial charge in [-0.2, -0.15) is 0 Å². The summed E-state index contributed by atoms with van der Waals surface area (Å²) in [6.45, 7) is 0. The highest BCUT2D eigenvalue weighted by molar-refractivity contribution is 6.42. The van der Waals surface area contributed by atoms with Crippen molar-refractivity contribution in [1.29, 1.82) is 0 Å². The van der Waals surface area contributed by atoms with Crippen LogP contribution in [0.25, 0.3) is 11.3 Å². The molecule has 0 saturated heterocycles. The van der Waals surface area contributed by atoms with E-state index in [1.807, 2.05) is 0 Å². The van der Waals surface area contributed by atoms with Gasteiger partial charge in [0.1, 0.15) is 11.5 Å². The standard InChI is InChI=1S/C18H14Cl2N2O3/c1-24-17-9-11(21)3-5-14(17)22-18(23)16-7-6-15(25-16)10-2-4-12(19)13(20)8-10/h2-9H,21H2,1H3,(H,22,23). The van der Waals surface area contributed by atoms with Crippen molar-refractivity contribution in [2.75, 3.05) is 18.2 Å². The molecule has 0 spiro atoms. The minimum absolute atomic E-state index is 0.153. The molecule has 0 unspecified atom stereocenters. The number of ether oxygens (including phenoxy) is 1. The second-order valence-electron chi connectivity index (χ2n) is 5.21. The van der Waals surface area contributed by atoms with E-state index in [1.165, 1.54) is 7.11 Å². The average Bonchev–Trinajstić information content (AvgIpc) is 3.09. The van der Waals surface area contributed by atoms with Crippen molar-refractivity contribution in [2.24, 2.45) is 0 Å². The Hall–Kier alpha value is -2.63. The number of nitrogen functional groups attached to an aromatic ring is 1. The zero-order chi connectivity index (χ0) is 18.0. The zero-order valence-electron chi connectivity index (χ0n) is 13.2. The van der Waals surface area contributed by atoms with Crippen LogP contribution < -0.4 is 15.8 Å². The van der Waals surface area contributed by atoms with Crippen molar-refractivity contribution in [3.8, 4) is 17.1 Å². The molecule has 1 heterocycles. The summed E-state index contributed by atoms with van der Waals surface area (Å²) in [5, 5.41) is 3.59. The summed E-state index contributed by atoms with van der Waals surface area (Å²) in [4.78, 5) is 12.4. The van der Waals surface area contributed by atoms with Crippen LogP contribution in [0.2, 0.25) is 10.0 Å². The molecule has 0 aliphatic carbocycles. The molecule has 1 aromatic heterocycles. The number of benzene rings is 2. The molecule has 5 nitrogen and oxygen atoms in total. The van der Waals surface area contributed by atoms with E-state index >= 15 is 0 Å². The normalized spacial score (nSPS) is 10.5. The third-order valence-corrected chi connectivity index (χ3v) is 4.25. The van der Waals surface area contributed by atoms with Crippen LogP contribution in [0.15, 0.2) is 52.9 Å². The average molecular weight is 377 g/mol. The molecule has 3 N–H and O–H groups in total. The van der Waals surface area contributed by atoms with E-state index < -0.39 is 5.91 Å². The highest BCUT2D eigenvalue weighted by Crippen LogP contribution is 2.31. The predicted octanol–water partition coefficient (Wildman–Crippen LogP) is 5.10. The molecular weight excluding hydrogens is 363 g/mol. The SMILES string of the molecule is COc1cc(N)ccc1NC(=O)c1ccc(-c2ccc(Cl)c(Cl)c2)o1. The van der Waals surface area contributed by atoms with Crippen molar-refractivity contribution in [2.45, 2.75) is 0 Å². The molecule has 0 aliphatic rings. The number of methoxy groups -OCH3 is 1. The molecule has 0 atom stereocenters. The first-order valence-electron chi connectivity index (χ1n) is 7.28. The Labute approximate surface area is 154 Å². The molecule has 0 radical (unpaired) electrons. The van der Waals surface area contributed by atoms with Crippen LogP contribution in [0.3, 0.4) is 0 Å². The number of carbonyl (C=O) groups excluding carboxylic acids is 1. The zero-order valence-corrected chi connectivity index (χ0v) is 14.7. The lowest BCUT2D eigenvalue weighted by Gasteiger charge is -2.09. The van der Waals surface area contributed by atoms with Gasteiger partial charge in [-0.05, 0) is 42.5 Å². The highest BCUT2D eigenvalue weighted by Gasteiger charge is 2.15. The largest absolute Gasteiger partial charge is 0.494 e. The quantitative estimate of drug-likeness (QED) is 0.621. The number of hydrogen-bond acceptors (Lipinski definition) is 4. The molecule has 2 aromatic carbocycles. The van der Waals surface area contributed by atoms with E-state index in [0.717, 1.165) is 5.56 Å². The Balaban J connectivity index is 1.82. The van der Waals surface area contributed by atoms with Crippen molar-refractivity contribution in [3.05, 3.63) is 64.3 Å². The van der Waals surface area contributed by atoms with Crippen LogP contribution in [-0.2, 0) is 0 Å². The number of furan rings is 1. The fourth-order valence-corrected chi connectivity index (χ4v) is 2.56. The Morgan fingerprint density at radius 1 is 1.08 bits per heavy atom. The minimum Gasteiger partial charge on any atom is -0.494 e. The van der Waals surface area contributed by atoms with E-state index in [0.29, 0.717) is 32.9 Å². The van der Waals surface area contributed by atoms with Gasteiger partial charge in [-0.25, -0.2) is 0 Å². The fraction of sp³-hybridized carbons (Fsp3) is 0.0556. The third kappa shape index (κ3) is 3.73. The van der Waals surface area contributed by atoms with Crippen LogP contribution >= 0.6 is 23.2 Å². The molecule has 1 amide bonds. The third-order valence-electron chi connectivity index (χ3n) is 3.51. The Kier molecular flexibility index (Phi) is 4.88. The number of rotatable bonds is 4. The van der Waals surface area contributed by atoms with Crippen LogP contribution in [0.1, 0.15) is 10.6 Å². The van der Waals surface area contributed by atoms with Gasteiger partial charge in [-0.1, -0.05) is 23.2 Å². The fourth-order valence-electron chi connectivity index (χ4n) is 2.26. The number of halogens is 2. The topological polar surface area (TPSA) is 77.5 Å². The molecular formula is C18H14Cl2N2O3. The van der Waals surface area contributed by atoms with E-state index in [4.69, 9.17) is 38.1 Å². The maximum Gasteiger partial charge on any atom is 0.291 e. The first-order chi connectivity index (χ1) is 12.0. The maximum atomic E-state index is 12.4. The lowest BCUT2D eigenvalue weighted by Crippen LogP contribution is -2.11. The number of carbonyl (C=O) groups is 1. The van der Waals surface area contributed by atoms with Gasteiger partial charge in [0.05, 0.1) is 22.8 Å². The van der Waals surface area contributed by atoms with E-state index in [9.17, 15) is 4.79 Å². The van der Waals surface area contributed by atoms with E-state index in [1.54, 1.807) is 48.5 Å². The minimum atomic E-state index is -0.408. The van der Waals surface area contributed by atoms with Gasteiger partial charge < -0.3 is 20.2 Å². The second-order valence-corrected chi connectivity index (χ2v) is 6.02. The van der Waals surface area contributed by atoms with Gasteiger partial charge in [0, 0.05) is 17.3 Å². The monoisotopic (exact) mass is 376 g/mol. The van der Waals surface area contributed by atoms with Gasteiger partial charge in [0.25, 0.3) is 5.91 Å². The molecule has 7 heteroatoms. The second kappa shape index (κ2) is 7.09. The van der Waals surface area contributed by atoms with Crippen molar-refractivity contribution < 1.29 is 13.9 Å². The maximum absolute atomic E-state index is 12.4. The summed E-state index contributed by atoms with van der Waals surface area (Å²) >= 11 is 11.9. The summed E-state index contributed by atoms with van der Waals surface area (Å²) in [7, 11) is 1.50. The summed E-state index contributed by atoms with van der Waals surface area (Å²) in [6, 6.07) is 13.3. The Bertz CT molecular complexity index is 938. The summed E-state index contributed by atoms with van der Waals surface area (Å²) < 4.78 is 10.8. The van der Waals surface area contributed by atoms with Crippen molar-refractivity contribution in [1.82, 2.24) is 0 Å². The van der Waals surface area contributed by atoms with Crippen LogP contribution in [0, 0.1) is 0 Å². The number of amides is 1. The smallest absolute Gasteiger partial charge is 0.291 e. The molecule has 3 aromatic rings. The van der Waals surface area contributed by atoms with E-state index in [2.05, 4.69) is 5.32 Å². The first kappa shape index (κ1) is 17.2. The summed E-state index contributed by atoms with van der Waals surface area (Å²) in [5.74, 6) is 0.715. The number of nitrogens with one attached hydrogen (secondary N) is 1. The summed E-state index contributed by atoms with van der Waals surface area (Å²) in [5.41, 5.74) is 7.46. The molecule has 3 rings (SSSR count). The van der Waals surface area contributed by atoms with Gasteiger partial charge in [0.15, 0.2) is 5.76 Å². The van der Waals surface area contributed by atoms with Gasteiger partial charge in [-0.3, -0.25) is 4.79 Å². The van der Waals surface area contributed by atoms with Crippen molar-refractivity contribution >= 4 is 40.5 Å². The Morgan fingerprint density at radius 2 is 1.88 bits per heavy atom. The lowest BCUT2D eigenvalue weighted by atomic mass is 10.2. The van der Waals surface area contributed by atoms with Gasteiger partial charge in [-0.15, -0.1) is 0 Å². The molecule has 0 fully saturated rings. The van der Waals surface area contributed by atoms with Gasteiger partial charge >= 0.3 is 0 Å². The summed E-state index contributed by atoms with van der Waals surface area (Å²) in [6.07, 6.45) is 0. The van der Waals surface area contributed by atoms with Crippen LogP contribution in [-0.4, -0.2) is 13.0 Å². The molecule has 128 valence electrons. The lowest BCUT2D eigenvalue weighted by molar-refractivity contribution is 0.0997. The number of nitrogens with two attached hydrogens (primary N) is 1. The highest BCUT2D eigenvalue weighted by atomic mass is 35.5. The van der Waals surface area contributed by atoms with Gasteiger partial charge in [0.2, 0.25) is 0 Å². The predicted molar refractivity (Wildman–Crippen MR) is 99.5 cm³/mol. The Morgan fingerprint density at radius 3 is 2.60 bits per heavy atom. The molecule has 0 aliphatic heterocycles. The molecule has 0 bridgehead atoms. The van der Waals surface area contributed by atoms with Crippen LogP contribution in [0.5, 0.6) is 5.75 Å². The number of hydrogen-bond donors (Lipinski definition) is 2. The number of anilines is 2.